The molecule has 0 aliphatic carbocycles. The predicted molar refractivity (Wildman–Crippen MR) is 95.0 cm³/mol. The molecule has 0 spiro atoms. The summed E-state index contributed by atoms with van der Waals surface area (Å²) in [4.78, 5) is 25.2. The molecule has 0 rings (SSSR count). The van der Waals surface area contributed by atoms with Crippen LogP contribution in [0.4, 0.5) is 9.59 Å². The van der Waals surface area contributed by atoms with Crippen LogP contribution in [-0.4, -0.2) is 55.5 Å². The molecular weight excluding hydrogens is 310 g/mol. The number of hydrogen-bond donors (Lipinski definition) is 2. The second-order valence-electron chi connectivity index (χ2n) is 6.73. The highest BCUT2D eigenvalue weighted by Crippen LogP contribution is 2.06. The molecule has 7 heteroatoms. The number of ether oxygens (including phenoxy) is 2. The first kappa shape index (κ1) is 22.5. The molecule has 0 fully saturated rings. The van der Waals surface area contributed by atoms with E-state index in [1.54, 1.807) is 4.90 Å². The maximum absolute atomic E-state index is 12.0. The van der Waals surface area contributed by atoms with Crippen molar-refractivity contribution < 1.29 is 19.1 Å². The molecule has 142 valence electrons. The highest BCUT2D eigenvalue weighted by molar-refractivity contribution is 5.68. The zero-order chi connectivity index (χ0) is 18.4. The van der Waals surface area contributed by atoms with Crippen LogP contribution >= 0.6 is 0 Å². The van der Waals surface area contributed by atoms with Crippen LogP contribution < -0.4 is 11.1 Å². The summed E-state index contributed by atoms with van der Waals surface area (Å²) in [5, 5.41) is 2.71. The molecule has 0 aromatic rings. The number of amides is 2. The minimum atomic E-state index is -0.495. The first-order valence-electron chi connectivity index (χ1n) is 8.88. The lowest BCUT2D eigenvalue weighted by Crippen LogP contribution is -2.35. The summed E-state index contributed by atoms with van der Waals surface area (Å²) in [6.07, 6.45) is 3.46. The van der Waals surface area contributed by atoms with E-state index in [1.807, 2.05) is 20.8 Å². The quantitative estimate of drug-likeness (QED) is 0.562. The molecule has 0 atom stereocenters. The Morgan fingerprint density at radius 3 is 2.33 bits per heavy atom. The number of carbonyl (C=O) groups excluding carboxylic acids is 2. The molecule has 2 amide bonds. The molecule has 0 radical (unpaired) electrons. The molecular formula is C17H35N3O4. The molecule has 0 saturated heterocycles. The molecule has 3 N–H and O–H groups in total. The minimum absolute atomic E-state index is 0.281. The van der Waals surface area contributed by atoms with Crippen LogP contribution in [0.15, 0.2) is 0 Å². The second-order valence-corrected chi connectivity index (χ2v) is 6.73. The molecule has 0 unspecified atom stereocenters. The molecule has 0 aromatic carbocycles. The van der Waals surface area contributed by atoms with E-state index in [1.165, 1.54) is 0 Å². The van der Waals surface area contributed by atoms with Gasteiger partial charge in [0, 0.05) is 19.6 Å². The maximum Gasteiger partial charge on any atom is 0.409 e. The van der Waals surface area contributed by atoms with Gasteiger partial charge in [0.15, 0.2) is 0 Å². The Balaban J connectivity index is 4.00. The SMILES string of the molecule is CCCCOC(=O)N(CCCN)CCCCNC(=O)OC(C)(C)C. The molecule has 0 bridgehead atoms. The van der Waals surface area contributed by atoms with E-state index in [9.17, 15) is 9.59 Å². The van der Waals surface area contributed by atoms with Gasteiger partial charge < -0.3 is 25.4 Å². The van der Waals surface area contributed by atoms with Crippen molar-refractivity contribution in [3.05, 3.63) is 0 Å². The van der Waals surface area contributed by atoms with Crippen LogP contribution in [0, 0.1) is 0 Å². The summed E-state index contributed by atoms with van der Waals surface area (Å²) in [5.74, 6) is 0. The van der Waals surface area contributed by atoms with Gasteiger partial charge in [-0.15, -0.1) is 0 Å². The van der Waals surface area contributed by atoms with E-state index < -0.39 is 11.7 Å². The van der Waals surface area contributed by atoms with Gasteiger partial charge >= 0.3 is 12.2 Å². The number of nitrogens with zero attached hydrogens (tertiary/aromatic N) is 1. The van der Waals surface area contributed by atoms with Crippen LogP contribution in [0.2, 0.25) is 0 Å². The fourth-order valence-corrected chi connectivity index (χ4v) is 1.90. The number of carbonyl (C=O) groups is 2. The standard InChI is InChI=1S/C17H35N3O4/c1-5-6-14-23-16(22)20(13-9-10-18)12-8-7-11-19-15(21)24-17(2,3)4/h5-14,18H2,1-4H3,(H,19,21). The zero-order valence-corrected chi connectivity index (χ0v) is 15.7. The molecule has 0 aliphatic rings. The third-order valence-corrected chi connectivity index (χ3v) is 3.14. The van der Waals surface area contributed by atoms with Gasteiger partial charge in [-0.1, -0.05) is 13.3 Å². The van der Waals surface area contributed by atoms with Crippen LogP contribution in [0.3, 0.4) is 0 Å². The van der Waals surface area contributed by atoms with Crippen molar-refractivity contribution in [1.29, 1.82) is 0 Å². The number of unbranched alkanes of at least 4 members (excludes halogenated alkanes) is 2. The predicted octanol–water partition coefficient (Wildman–Crippen LogP) is 2.88. The van der Waals surface area contributed by atoms with Crippen LogP contribution in [0.1, 0.15) is 59.8 Å². The summed E-state index contributed by atoms with van der Waals surface area (Å²) < 4.78 is 10.4. The van der Waals surface area contributed by atoms with E-state index in [-0.39, 0.29) is 6.09 Å². The Morgan fingerprint density at radius 2 is 1.75 bits per heavy atom. The molecule has 0 saturated carbocycles. The molecule has 24 heavy (non-hydrogen) atoms. The Kier molecular flexibility index (Phi) is 12.1. The van der Waals surface area contributed by atoms with Crippen molar-refractivity contribution >= 4 is 12.2 Å². The average molecular weight is 345 g/mol. The highest BCUT2D eigenvalue weighted by Gasteiger charge is 2.16. The Morgan fingerprint density at radius 1 is 1.08 bits per heavy atom. The van der Waals surface area contributed by atoms with Gasteiger partial charge in [-0.05, 0) is 53.0 Å². The number of rotatable bonds is 11. The number of alkyl carbamates (subject to hydrolysis) is 1. The monoisotopic (exact) mass is 345 g/mol. The number of hydrogen-bond acceptors (Lipinski definition) is 5. The number of nitrogens with two attached hydrogens (primary N) is 1. The van der Waals surface area contributed by atoms with Crippen LogP contribution in [0.25, 0.3) is 0 Å². The van der Waals surface area contributed by atoms with E-state index >= 15 is 0 Å². The Labute approximate surface area is 146 Å². The maximum atomic E-state index is 12.0. The molecule has 0 aliphatic heterocycles. The lowest BCUT2D eigenvalue weighted by molar-refractivity contribution is 0.0525. The van der Waals surface area contributed by atoms with Crippen molar-refractivity contribution in [3.63, 3.8) is 0 Å². The van der Waals surface area contributed by atoms with E-state index in [0.29, 0.717) is 32.8 Å². The first-order chi connectivity index (χ1) is 11.3. The lowest BCUT2D eigenvalue weighted by Gasteiger charge is -2.22. The van der Waals surface area contributed by atoms with Crippen molar-refractivity contribution in [2.75, 3.05) is 32.8 Å². The fraction of sp³-hybridized carbons (Fsp3) is 0.882. The van der Waals surface area contributed by atoms with E-state index in [0.717, 1.165) is 32.1 Å². The lowest BCUT2D eigenvalue weighted by atomic mass is 10.2. The van der Waals surface area contributed by atoms with E-state index in [2.05, 4.69) is 12.2 Å². The Hall–Kier alpha value is -1.50. The van der Waals surface area contributed by atoms with Gasteiger partial charge in [-0.2, -0.15) is 0 Å². The third kappa shape index (κ3) is 13.0. The third-order valence-electron chi connectivity index (χ3n) is 3.14. The van der Waals surface area contributed by atoms with Gasteiger partial charge in [0.05, 0.1) is 6.61 Å². The molecule has 7 nitrogen and oxygen atoms in total. The van der Waals surface area contributed by atoms with E-state index in [4.69, 9.17) is 15.2 Å². The smallest absolute Gasteiger partial charge is 0.409 e. The van der Waals surface area contributed by atoms with Crippen molar-refractivity contribution in [1.82, 2.24) is 10.2 Å². The van der Waals surface area contributed by atoms with Crippen LogP contribution in [-0.2, 0) is 9.47 Å². The van der Waals surface area contributed by atoms with Crippen molar-refractivity contribution in [2.45, 2.75) is 65.4 Å². The zero-order valence-electron chi connectivity index (χ0n) is 15.7. The summed E-state index contributed by atoms with van der Waals surface area (Å²) in [6.45, 7) is 10.2. The summed E-state index contributed by atoms with van der Waals surface area (Å²) in [7, 11) is 0. The van der Waals surface area contributed by atoms with Gasteiger partial charge in [0.25, 0.3) is 0 Å². The normalized spacial score (nSPS) is 11.0. The largest absolute Gasteiger partial charge is 0.449 e. The average Bonchev–Trinajstić information content (AvgIpc) is 2.48. The molecule has 0 heterocycles. The summed E-state index contributed by atoms with van der Waals surface area (Å²) in [5.41, 5.74) is 5.02. The summed E-state index contributed by atoms with van der Waals surface area (Å²) in [6, 6.07) is 0. The van der Waals surface area contributed by atoms with Crippen molar-refractivity contribution in [2.24, 2.45) is 5.73 Å². The Bertz CT molecular complexity index is 356. The fourth-order valence-electron chi connectivity index (χ4n) is 1.90. The first-order valence-corrected chi connectivity index (χ1v) is 8.88. The van der Waals surface area contributed by atoms with Crippen LogP contribution in [0.5, 0.6) is 0 Å². The molecule has 0 aromatic heterocycles. The topological polar surface area (TPSA) is 93.9 Å². The van der Waals surface area contributed by atoms with Crippen molar-refractivity contribution in [3.8, 4) is 0 Å². The highest BCUT2D eigenvalue weighted by atomic mass is 16.6. The number of nitrogens with one attached hydrogen (secondary N) is 1. The van der Waals surface area contributed by atoms with Gasteiger partial charge in [-0.25, -0.2) is 9.59 Å². The summed E-state index contributed by atoms with van der Waals surface area (Å²) >= 11 is 0. The minimum Gasteiger partial charge on any atom is -0.449 e. The van der Waals surface area contributed by atoms with Gasteiger partial charge in [0.2, 0.25) is 0 Å². The van der Waals surface area contributed by atoms with Gasteiger partial charge in [-0.3, -0.25) is 0 Å². The second kappa shape index (κ2) is 12.9. The van der Waals surface area contributed by atoms with Gasteiger partial charge in [0.1, 0.15) is 5.60 Å².